The van der Waals surface area contributed by atoms with Gasteiger partial charge in [-0.25, -0.2) is 4.39 Å². The molecule has 0 saturated carbocycles. The molecule has 0 aromatic heterocycles. The molecule has 4 nitrogen and oxygen atoms in total. The van der Waals surface area contributed by atoms with Crippen LogP contribution in [0, 0.1) is 11.7 Å². The molecule has 25 heavy (non-hydrogen) atoms. The van der Waals surface area contributed by atoms with Crippen molar-refractivity contribution in [2.24, 2.45) is 5.92 Å². The van der Waals surface area contributed by atoms with Gasteiger partial charge in [-0.05, 0) is 36.1 Å². The van der Waals surface area contributed by atoms with Gasteiger partial charge in [0, 0.05) is 18.2 Å². The van der Waals surface area contributed by atoms with Gasteiger partial charge in [0.15, 0.2) is 0 Å². The van der Waals surface area contributed by atoms with Crippen LogP contribution in [0.4, 0.5) is 10.1 Å². The summed E-state index contributed by atoms with van der Waals surface area (Å²) in [6.45, 7) is 2.32. The number of nitrogens with one attached hydrogen (secondary N) is 1. The van der Waals surface area contributed by atoms with E-state index in [9.17, 15) is 14.0 Å². The molecule has 1 atom stereocenters. The minimum absolute atomic E-state index is 0.0468. The van der Waals surface area contributed by atoms with Crippen molar-refractivity contribution in [1.29, 1.82) is 0 Å². The van der Waals surface area contributed by atoms with Crippen LogP contribution in [0.3, 0.4) is 0 Å². The zero-order valence-corrected chi connectivity index (χ0v) is 14.2. The highest BCUT2D eigenvalue weighted by atomic mass is 19.1. The number of fused-ring (bicyclic) bond motifs is 1. The minimum Gasteiger partial charge on any atom is -0.347 e. The van der Waals surface area contributed by atoms with E-state index in [1.807, 2.05) is 24.3 Å². The van der Waals surface area contributed by atoms with Crippen molar-refractivity contribution >= 4 is 17.5 Å². The largest absolute Gasteiger partial charge is 0.347 e. The summed E-state index contributed by atoms with van der Waals surface area (Å²) in [7, 11) is 0. The number of anilines is 1. The molecule has 0 aliphatic carbocycles. The van der Waals surface area contributed by atoms with E-state index in [2.05, 4.69) is 5.32 Å². The fourth-order valence-corrected chi connectivity index (χ4v) is 3.12. The number of amides is 2. The van der Waals surface area contributed by atoms with Gasteiger partial charge in [-0.3, -0.25) is 9.59 Å². The average Bonchev–Trinajstić information content (AvgIpc) is 3.05. The molecule has 3 rings (SSSR count). The number of benzene rings is 2. The summed E-state index contributed by atoms with van der Waals surface area (Å²) in [6.07, 6.45) is 1.14. The molecule has 2 aromatic rings. The Morgan fingerprint density at radius 2 is 1.88 bits per heavy atom. The van der Waals surface area contributed by atoms with Gasteiger partial charge in [0.25, 0.3) is 0 Å². The summed E-state index contributed by atoms with van der Waals surface area (Å²) in [5, 5.41) is 2.68. The predicted molar refractivity (Wildman–Crippen MR) is 94.8 cm³/mol. The summed E-state index contributed by atoms with van der Waals surface area (Å²) in [6, 6.07) is 14.2. The molecule has 0 fully saturated rings. The summed E-state index contributed by atoms with van der Waals surface area (Å²) >= 11 is 0. The third-order valence-electron chi connectivity index (χ3n) is 4.53. The third kappa shape index (κ3) is 3.87. The molecule has 5 heteroatoms. The monoisotopic (exact) mass is 340 g/mol. The van der Waals surface area contributed by atoms with Crippen LogP contribution in [-0.4, -0.2) is 24.9 Å². The molecule has 2 aromatic carbocycles. The average molecular weight is 340 g/mol. The van der Waals surface area contributed by atoms with Gasteiger partial charge >= 0.3 is 0 Å². The zero-order chi connectivity index (χ0) is 17.8. The van der Waals surface area contributed by atoms with E-state index in [4.69, 9.17) is 0 Å². The summed E-state index contributed by atoms with van der Waals surface area (Å²) in [5.41, 5.74) is 2.57. The number of hydrogen-bond donors (Lipinski definition) is 1. The van der Waals surface area contributed by atoms with Gasteiger partial charge in [-0.1, -0.05) is 43.3 Å². The number of nitrogens with zero attached hydrogens (tertiary/aromatic N) is 1. The normalized spacial score (nSPS) is 14.1. The van der Waals surface area contributed by atoms with Crippen LogP contribution in [0.2, 0.25) is 0 Å². The highest BCUT2D eigenvalue weighted by Gasteiger charge is 2.24. The van der Waals surface area contributed by atoms with Gasteiger partial charge in [-0.15, -0.1) is 0 Å². The second kappa shape index (κ2) is 7.47. The molecular formula is C20H21FN2O2. The Morgan fingerprint density at radius 1 is 1.16 bits per heavy atom. The van der Waals surface area contributed by atoms with Crippen LogP contribution in [0.15, 0.2) is 48.5 Å². The van der Waals surface area contributed by atoms with Gasteiger partial charge in [0.05, 0.1) is 6.54 Å². The molecule has 0 spiro atoms. The Kier molecular flexibility index (Phi) is 5.12. The van der Waals surface area contributed by atoms with Gasteiger partial charge in [0.1, 0.15) is 5.82 Å². The summed E-state index contributed by atoms with van der Waals surface area (Å²) < 4.78 is 13.7. The molecule has 0 bridgehead atoms. The first kappa shape index (κ1) is 17.1. The van der Waals surface area contributed by atoms with Crippen molar-refractivity contribution in [2.45, 2.75) is 19.8 Å². The summed E-state index contributed by atoms with van der Waals surface area (Å²) in [4.78, 5) is 26.3. The fraction of sp³-hybridized carbons (Fsp3) is 0.300. The van der Waals surface area contributed by atoms with Crippen molar-refractivity contribution in [3.05, 3.63) is 65.5 Å². The quantitative estimate of drug-likeness (QED) is 0.910. The van der Waals surface area contributed by atoms with Crippen LogP contribution in [0.5, 0.6) is 0 Å². The maximum Gasteiger partial charge on any atom is 0.246 e. The molecule has 1 heterocycles. The van der Waals surface area contributed by atoms with Crippen molar-refractivity contribution in [1.82, 2.24) is 5.32 Å². The van der Waals surface area contributed by atoms with Crippen LogP contribution >= 0.6 is 0 Å². The van der Waals surface area contributed by atoms with Crippen LogP contribution in [0.1, 0.15) is 18.1 Å². The van der Waals surface area contributed by atoms with E-state index in [0.29, 0.717) is 18.5 Å². The van der Waals surface area contributed by atoms with Gasteiger partial charge in [-0.2, -0.15) is 0 Å². The molecule has 1 unspecified atom stereocenters. The number of para-hydroxylation sites is 1. The van der Waals surface area contributed by atoms with Crippen molar-refractivity contribution < 1.29 is 14.0 Å². The highest BCUT2D eigenvalue weighted by Crippen LogP contribution is 2.27. The number of carbonyl (C=O) groups is 2. The maximum absolute atomic E-state index is 13.7. The van der Waals surface area contributed by atoms with Crippen LogP contribution in [-0.2, 0) is 22.4 Å². The molecule has 1 aliphatic heterocycles. The Hall–Kier alpha value is -2.69. The Bertz CT molecular complexity index is 791. The first-order valence-corrected chi connectivity index (χ1v) is 8.45. The SMILES string of the molecule is CC(Cc1ccccc1F)C(=O)NCC(=O)N1CCc2ccccc21. The second-order valence-electron chi connectivity index (χ2n) is 6.34. The smallest absolute Gasteiger partial charge is 0.246 e. The van der Waals surface area contributed by atoms with Gasteiger partial charge < -0.3 is 10.2 Å². The third-order valence-corrected chi connectivity index (χ3v) is 4.53. The molecule has 1 aliphatic rings. The second-order valence-corrected chi connectivity index (χ2v) is 6.34. The van der Waals surface area contributed by atoms with E-state index in [1.54, 1.807) is 30.0 Å². The minimum atomic E-state index is -0.407. The zero-order valence-electron chi connectivity index (χ0n) is 14.2. The first-order chi connectivity index (χ1) is 12.1. The first-order valence-electron chi connectivity index (χ1n) is 8.45. The molecule has 130 valence electrons. The van der Waals surface area contributed by atoms with E-state index in [0.717, 1.165) is 17.7 Å². The maximum atomic E-state index is 13.7. The number of hydrogen-bond acceptors (Lipinski definition) is 2. The van der Waals surface area contributed by atoms with Crippen molar-refractivity contribution in [3.8, 4) is 0 Å². The lowest BCUT2D eigenvalue weighted by molar-refractivity contribution is -0.127. The Balaban J connectivity index is 1.54. The lowest BCUT2D eigenvalue weighted by Gasteiger charge is -2.18. The molecule has 2 amide bonds. The number of carbonyl (C=O) groups excluding carboxylic acids is 2. The lowest BCUT2D eigenvalue weighted by Crippen LogP contribution is -2.41. The van der Waals surface area contributed by atoms with Crippen molar-refractivity contribution in [3.63, 3.8) is 0 Å². The van der Waals surface area contributed by atoms with Crippen molar-refractivity contribution in [2.75, 3.05) is 18.0 Å². The van der Waals surface area contributed by atoms with Gasteiger partial charge in [0.2, 0.25) is 11.8 Å². The predicted octanol–water partition coefficient (Wildman–Crippen LogP) is 2.71. The molecular weight excluding hydrogens is 319 g/mol. The van der Waals surface area contributed by atoms with E-state index >= 15 is 0 Å². The molecule has 0 saturated heterocycles. The standard InChI is InChI=1S/C20H21FN2O2/c1-14(12-16-7-2-4-8-17(16)21)20(25)22-13-19(24)23-11-10-15-6-3-5-9-18(15)23/h2-9,14H,10-13H2,1H3,(H,22,25). The lowest BCUT2D eigenvalue weighted by atomic mass is 10.00. The molecule has 0 radical (unpaired) electrons. The van der Waals surface area contributed by atoms with Crippen LogP contribution < -0.4 is 10.2 Å². The highest BCUT2D eigenvalue weighted by molar-refractivity contribution is 5.98. The van der Waals surface area contributed by atoms with E-state index < -0.39 is 5.92 Å². The summed E-state index contributed by atoms with van der Waals surface area (Å²) in [5.74, 6) is -1.09. The van der Waals surface area contributed by atoms with E-state index in [1.165, 1.54) is 6.07 Å². The number of halogens is 1. The van der Waals surface area contributed by atoms with E-state index in [-0.39, 0.29) is 24.2 Å². The number of rotatable bonds is 5. The Labute approximate surface area is 146 Å². The van der Waals surface area contributed by atoms with Crippen LogP contribution in [0.25, 0.3) is 0 Å². The topological polar surface area (TPSA) is 49.4 Å². The molecule has 1 N–H and O–H groups in total. The fourth-order valence-electron chi connectivity index (χ4n) is 3.12. The Morgan fingerprint density at radius 3 is 2.68 bits per heavy atom.